The number of likely N-dealkylation sites (tertiary alicyclic amines) is 2. The van der Waals surface area contributed by atoms with E-state index in [9.17, 15) is 10.2 Å². The molecule has 0 unspecified atom stereocenters. The molecule has 5 rings (SSSR count). The first-order chi connectivity index (χ1) is 19.2. The number of nitrogens with zero attached hydrogens (tertiary/aromatic N) is 2. The summed E-state index contributed by atoms with van der Waals surface area (Å²) in [6.45, 7) is 12.6. The van der Waals surface area contributed by atoms with Crippen LogP contribution >= 0.6 is 0 Å². The molecule has 0 atom stereocenters. The van der Waals surface area contributed by atoms with Crippen molar-refractivity contribution in [2.45, 2.75) is 70.5 Å². The Morgan fingerprint density at radius 1 is 0.575 bits per heavy atom. The third-order valence-corrected chi connectivity index (χ3v) is 9.19. The monoisotopic (exact) mass is 542 g/mol. The Hall–Kier alpha value is -2.50. The standard InChI is InChI=1S/C19H23NO.C17H27NO/c21-19(18-9-5-2-6-10-18)12-15-20(16-13-19)14-11-17-7-3-1-4-8-17;1-16(2,3)17(19)10-13-18(14-11-17)12-9-15-7-5-4-6-8-15/h1-10,21H,11-16H2;4-8,19H,9-14H2,1-3H3. The Morgan fingerprint density at radius 2 is 0.950 bits per heavy atom. The maximum atomic E-state index is 10.8. The molecule has 4 nitrogen and oxygen atoms in total. The van der Waals surface area contributed by atoms with Gasteiger partial charge in [0.25, 0.3) is 0 Å². The zero-order chi connectivity index (χ0) is 28.5. The Balaban J connectivity index is 0.000000186. The third-order valence-electron chi connectivity index (χ3n) is 9.19. The highest BCUT2D eigenvalue weighted by molar-refractivity contribution is 5.23. The van der Waals surface area contributed by atoms with Gasteiger partial charge in [-0.25, -0.2) is 0 Å². The van der Waals surface area contributed by atoms with Crippen molar-refractivity contribution in [3.05, 3.63) is 108 Å². The van der Waals surface area contributed by atoms with Gasteiger partial charge in [0.2, 0.25) is 0 Å². The van der Waals surface area contributed by atoms with Gasteiger partial charge in [0, 0.05) is 39.3 Å². The topological polar surface area (TPSA) is 46.9 Å². The number of hydrogen-bond donors (Lipinski definition) is 2. The summed E-state index contributed by atoms with van der Waals surface area (Å²) in [6, 6.07) is 31.4. The molecule has 0 spiro atoms. The maximum Gasteiger partial charge on any atom is 0.0920 e. The van der Waals surface area contributed by atoms with E-state index in [0.29, 0.717) is 0 Å². The van der Waals surface area contributed by atoms with E-state index in [4.69, 9.17) is 0 Å². The lowest BCUT2D eigenvalue weighted by molar-refractivity contribution is -0.0986. The highest BCUT2D eigenvalue weighted by Crippen LogP contribution is 2.38. The van der Waals surface area contributed by atoms with E-state index in [-0.39, 0.29) is 5.41 Å². The molecule has 2 aliphatic rings. The van der Waals surface area contributed by atoms with Gasteiger partial charge in [0.05, 0.1) is 11.2 Å². The molecule has 3 aromatic carbocycles. The van der Waals surface area contributed by atoms with Crippen molar-refractivity contribution < 1.29 is 10.2 Å². The minimum atomic E-state index is -0.634. The van der Waals surface area contributed by atoms with Gasteiger partial charge in [-0.15, -0.1) is 0 Å². The fourth-order valence-electron chi connectivity index (χ4n) is 5.94. The quantitative estimate of drug-likeness (QED) is 0.367. The minimum Gasteiger partial charge on any atom is -0.389 e. The van der Waals surface area contributed by atoms with E-state index in [0.717, 1.165) is 83.4 Å². The van der Waals surface area contributed by atoms with Crippen LogP contribution in [0.5, 0.6) is 0 Å². The number of aliphatic hydroxyl groups is 2. The number of piperidine rings is 2. The first kappa shape index (κ1) is 30.5. The van der Waals surface area contributed by atoms with E-state index in [1.165, 1.54) is 11.1 Å². The first-order valence-electron chi connectivity index (χ1n) is 15.2. The van der Waals surface area contributed by atoms with Gasteiger partial charge in [0.1, 0.15) is 0 Å². The summed E-state index contributed by atoms with van der Waals surface area (Å²) >= 11 is 0. The summed E-state index contributed by atoms with van der Waals surface area (Å²) < 4.78 is 0. The van der Waals surface area contributed by atoms with Crippen molar-refractivity contribution in [1.29, 1.82) is 0 Å². The average Bonchev–Trinajstić information content (AvgIpc) is 2.98. The summed E-state index contributed by atoms with van der Waals surface area (Å²) in [5.74, 6) is 0. The van der Waals surface area contributed by atoms with Crippen LogP contribution in [0.4, 0.5) is 0 Å². The van der Waals surface area contributed by atoms with Crippen molar-refractivity contribution in [2.24, 2.45) is 5.41 Å². The van der Waals surface area contributed by atoms with E-state index in [1.807, 2.05) is 30.3 Å². The number of rotatable bonds is 7. The Morgan fingerprint density at radius 3 is 1.35 bits per heavy atom. The minimum absolute atomic E-state index is 0.0154. The summed E-state index contributed by atoms with van der Waals surface area (Å²) in [5.41, 5.74) is 2.72. The fourth-order valence-corrected chi connectivity index (χ4v) is 5.94. The van der Waals surface area contributed by atoms with Crippen LogP contribution in [0.3, 0.4) is 0 Å². The van der Waals surface area contributed by atoms with E-state index in [2.05, 4.69) is 91.2 Å². The smallest absolute Gasteiger partial charge is 0.0920 e. The van der Waals surface area contributed by atoms with Crippen LogP contribution in [0.1, 0.15) is 63.1 Å². The molecule has 0 radical (unpaired) electrons. The molecule has 3 aromatic rings. The van der Waals surface area contributed by atoms with Gasteiger partial charge >= 0.3 is 0 Å². The first-order valence-corrected chi connectivity index (χ1v) is 15.2. The molecular formula is C36H50N2O2. The molecule has 2 N–H and O–H groups in total. The van der Waals surface area contributed by atoms with Crippen LogP contribution in [0.2, 0.25) is 0 Å². The molecule has 0 aliphatic carbocycles. The van der Waals surface area contributed by atoms with Crippen LogP contribution in [0.15, 0.2) is 91.0 Å². The van der Waals surface area contributed by atoms with Gasteiger partial charge in [-0.05, 0) is 60.6 Å². The Labute approximate surface area is 242 Å². The normalized spacial score (nSPS) is 19.4. The zero-order valence-corrected chi connectivity index (χ0v) is 24.9. The predicted octanol–water partition coefficient (Wildman–Crippen LogP) is 6.31. The molecule has 2 heterocycles. The van der Waals surface area contributed by atoms with Gasteiger partial charge in [-0.1, -0.05) is 112 Å². The molecule has 2 saturated heterocycles. The predicted molar refractivity (Wildman–Crippen MR) is 166 cm³/mol. The molecule has 216 valence electrons. The van der Waals surface area contributed by atoms with E-state index < -0.39 is 11.2 Å². The van der Waals surface area contributed by atoms with Crippen LogP contribution in [-0.2, 0) is 18.4 Å². The summed E-state index contributed by atoms with van der Waals surface area (Å²) in [5, 5.41) is 21.5. The molecular weight excluding hydrogens is 492 g/mol. The van der Waals surface area contributed by atoms with Gasteiger partial charge < -0.3 is 20.0 Å². The van der Waals surface area contributed by atoms with Crippen LogP contribution in [-0.4, -0.2) is 64.9 Å². The van der Waals surface area contributed by atoms with Crippen molar-refractivity contribution in [3.8, 4) is 0 Å². The lowest BCUT2D eigenvalue weighted by Gasteiger charge is -2.46. The lowest BCUT2D eigenvalue weighted by Crippen LogP contribution is -2.52. The van der Waals surface area contributed by atoms with Crippen molar-refractivity contribution in [1.82, 2.24) is 9.80 Å². The number of hydrogen-bond acceptors (Lipinski definition) is 4. The number of benzene rings is 3. The largest absolute Gasteiger partial charge is 0.389 e. The van der Waals surface area contributed by atoms with E-state index >= 15 is 0 Å². The second-order valence-electron chi connectivity index (χ2n) is 12.8. The third kappa shape index (κ3) is 8.50. The molecule has 2 fully saturated rings. The molecule has 4 heteroatoms. The Kier molecular flexibility index (Phi) is 10.6. The average molecular weight is 543 g/mol. The SMILES string of the molecule is CC(C)(C)C1(O)CCN(CCc2ccccc2)CC1.OC1(c2ccccc2)CCN(CCc2ccccc2)CC1. The zero-order valence-electron chi connectivity index (χ0n) is 24.9. The summed E-state index contributed by atoms with van der Waals surface area (Å²) in [4.78, 5) is 4.94. The summed E-state index contributed by atoms with van der Waals surface area (Å²) in [6.07, 6.45) is 5.63. The Bertz CT molecular complexity index is 1110. The lowest BCUT2D eigenvalue weighted by atomic mass is 9.71. The van der Waals surface area contributed by atoms with Crippen LogP contribution in [0, 0.1) is 5.41 Å². The second kappa shape index (κ2) is 13.9. The molecule has 0 aromatic heterocycles. The second-order valence-corrected chi connectivity index (χ2v) is 12.8. The van der Waals surface area contributed by atoms with Crippen molar-refractivity contribution in [3.63, 3.8) is 0 Å². The highest BCUT2D eigenvalue weighted by Gasteiger charge is 2.42. The van der Waals surface area contributed by atoms with Crippen LogP contribution in [0.25, 0.3) is 0 Å². The molecule has 2 aliphatic heterocycles. The van der Waals surface area contributed by atoms with Gasteiger partial charge in [0.15, 0.2) is 0 Å². The van der Waals surface area contributed by atoms with Crippen molar-refractivity contribution >= 4 is 0 Å². The van der Waals surface area contributed by atoms with Gasteiger partial charge in [-0.3, -0.25) is 0 Å². The van der Waals surface area contributed by atoms with Gasteiger partial charge in [-0.2, -0.15) is 0 Å². The fraction of sp³-hybridized carbons (Fsp3) is 0.500. The molecule has 0 bridgehead atoms. The van der Waals surface area contributed by atoms with E-state index in [1.54, 1.807) is 0 Å². The van der Waals surface area contributed by atoms with Crippen molar-refractivity contribution in [2.75, 3.05) is 39.3 Å². The molecule has 0 amide bonds. The van der Waals surface area contributed by atoms with Crippen LogP contribution < -0.4 is 0 Å². The molecule has 0 saturated carbocycles. The highest BCUT2D eigenvalue weighted by atomic mass is 16.3. The maximum absolute atomic E-state index is 10.8. The summed E-state index contributed by atoms with van der Waals surface area (Å²) in [7, 11) is 0. The molecule has 40 heavy (non-hydrogen) atoms.